The zero-order valence-corrected chi connectivity index (χ0v) is 14.8. The van der Waals surface area contributed by atoms with Crippen molar-refractivity contribution < 1.29 is 9.21 Å². The largest absolute Gasteiger partial charge is 0.465 e. The van der Waals surface area contributed by atoms with Gasteiger partial charge in [-0.15, -0.1) is 0 Å². The molecule has 2 aliphatic rings. The number of furan rings is 1. The van der Waals surface area contributed by atoms with Gasteiger partial charge in [0.1, 0.15) is 11.5 Å². The summed E-state index contributed by atoms with van der Waals surface area (Å²) in [5, 5.41) is 0. The molecule has 2 aliphatic heterocycles. The predicted octanol–water partition coefficient (Wildman–Crippen LogP) is 3.00. The van der Waals surface area contributed by atoms with Gasteiger partial charge in [-0.3, -0.25) is 14.7 Å². The first-order valence-electron chi connectivity index (χ1n) is 9.11. The van der Waals surface area contributed by atoms with Crippen molar-refractivity contribution in [2.45, 2.75) is 39.3 Å². The molecular formula is C20H25N3O2. The Labute approximate surface area is 148 Å². The molecular weight excluding hydrogens is 314 g/mol. The maximum Gasteiger partial charge on any atom is 0.230 e. The van der Waals surface area contributed by atoms with Gasteiger partial charge in [-0.05, 0) is 62.6 Å². The fraction of sp³-hybridized carbons (Fsp3) is 0.500. The number of hydrogen-bond acceptors (Lipinski definition) is 4. The summed E-state index contributed by atoms with van der Waals surface area (Å²) in [6, 6.07) is 8.03. The van der Waals surface area contributed by atoms with Crippen LogP contribution in [0.15, 0.2) is 41.1 Å². The average molecular weight is 339 g/mol. The van der Waals surface area contributed by atoms with Crippen LogP contribution < -0.4 is 0 Å². The van der Waals surface area contributed by atoms with Gasteiger partial charge in [0.25, 0.3) is 0 Å². The second kappa shape index (κ2) is 6.64. The minimum absolute atomic E-state index is 0.201. The molecule has 0 saturated carbocycles. The van der Waals surface area contributed by atoms with Gasteiger partial charge in [0.15, 0.2) is 0 Å². The minimum Gasteiger partial charge on any atom is -0.465 e. The van der Waals surface area contributed by atoms with E-state index in [4.69, 9.17) is 4.42 Å². The van der Waals surface area contributed by atoms with Crippen LogP contribution in [-0.4, -0.2) is 40.3 Å². The molecule has 0 unspecified atom stereocenters. The van der Waals surface area contributed by atoms with Crippen molar-refractivity contribution in [3.8, 4) is 0 Å². The number of aryl methyl sites for hydroxylation is 1. The van der Waals surface area contributed by atoms with Crippen LogP contribution in [0, 0.1) is 12.3 Å². The number of carbonyl (C=O) groups is 1. The fourth-order valence-corrected chi connectivity index (χ4v) is 4.28. The lowest BCUT2D eigenvalue weighted by Gasteiger charge is -2.38. The molecule has 1 amide bonds. The zero-order valence-electron chi connectivity index (χ0n) is 14.8. The molecule has 0 radical (unpaired) electrons. The van der Waals surface area contributed by atoms with Crippen molar-refractivity contribution >= 4 is 5.91 Å². The molecule has 2 aromatic rings. The number of pyridine rings is 1. The minimum atomic E-state index is -0.201. The van der Waals surface area contributed by atoms with Gasteiger partial charge in [0.05, 0.1) is 12.0 Å². The summed E-state index contributed by atoms with van der Waals surface area (Å²) in [7, 11) is 0. The Morgan fingerprint density at radius 1 is 1.12 bits per heavy atom. The number of amides is 1. The molecule has 0 bridgehead atoms. The fourth-order valence-electron chi connectivity index (χ4n) is 4.28. The number of nitrogens with zero attached hydrogens (tertiary/aromatic N) is 3. The Bertz CT molecular complexity index is 742. The number of rotatable bonds is 4. The van der Waals surface area contributed by atoms with E-state index in [0.717, 1.165) is 62.5 Å². The highest BCUT2D eigenvalue weighted by molar-refractivity contribution is 5.85. The number of carbonyl (C=O) groups excluding carboxylic acids is 1. The molecule has 2 saturated heterocycles. The second-order valence-electron chi connectivity index (χ2n) is 7.44. The molecule has 4 heterocycles. The summed E-state index contributed by atoms with van der Waals surface area (Å²) in [6.45, 7) is 6.21. The molecule has 4 rings (SSSR count). The van der Waals surface area contributed by atoms with Gasteiger partial charge >= 0.3 is 0 Å². The molecule has 132 valence electrons. The molecule has 1 spiro atoms. The standard InChI is InChI=1S/C20H25N3O2/c1-16-3-4-18(25-16)14-22-11-2-7-20(15-22)8-12-23(19(20)24)13-17-5-9-21-10-6-17/h3-6,9-10H,2,7-8,11-15H2,1H3/t20-/m0/s1. The first kappa shape index (κ1) is 16.3. The van der Waals surface area contributed by atoms with Crippen molar-refractivity contribution in [3.63, 3.8) is 0 Å². The van der Waals surface area contributed by atoms with E-state index < -0.39 is 0 Å². The van der Waals surface area contributed by atoms with Crippen LogP contribution in [0.1, 0.15) is 36.3 Å². The highest BCUT2D eigenvalue weighted by Crippen LogP contribution is 2.41. The van der Waals surface area contributed by atoms with Crippen molar-refractivity contribution in [1.82, 2.24) is 14.8 Å². The average Bonchev–Trinajstić information content (AvgIpc) is 3.15. The molecule has 2 fully saturated rings. The topological polar surface area (TPSA) is 49.6 Å². The van der Waals surface area contributed by atoms with E-state index in [2.05, 4.69) is 9.88 Å². The molecule has 0 aromatic carbocycles. The number of aromatic nitrogens is 1. The maximum atomic E-state index is 13.1. The summed E-state index contributed by atoms with van der Waals surface area (Å²) in [6.07, 6.45) is 6.63. The second-order valence-corrected chi connectivity index (χ2v) is 7.44. The van der Waals surface area contributed by atoms with Crippen LogP contribution in [0.4, 0.5) is 0 Å². The van der Waals surface area contributed by atoms with E-state index in [1.54, 1.807) is 12.4 Å². The number of piperidine rings is 1. The summed E-state index contributed by atoms with van der Waals surface area (Å²) in [4.78, 5) is 21.6. The quantitative estimate of drug-likeness (QED) is 0.859. The lowest BCUT2D eigenvalue weighted by Crippen LogP contribution is -2.47. The number of likely N-dealkylation sites (tertiary alicyclic amines) is 2. The highest BCUT2D eigenvalue weighted by atomic mass is 16.3. The van der Waals surface area contributed by atoms with Crippen molar-refractivity contribution in [2.24, 2.45) is 5.41 Å². The van der Waals surface area contributed by atoms with E-state index in [-0.39, 0.29) is 5.41 Å². The third-order valence-electron chi connectivity index (χ3n) is 5.56. The Balaban J connectivity index is 1.43. The van der Waals surface area contributed by atoms with E-state index in [1.807, 2.05) is 36.1 Å². The Morgan fingerprint density at radius 2 is 1.96 bits per heavy atom. The van der Waals surface area contributed by atoms with Gasteiger partial charge in [-0.1, -0.05) is 0 Å². The van der Waals surface area contributed by atoms with Crippen LogP contribution >= 0.6 is 0 Å². The van der Waals surface area contributed by atoms with E-state index in [0.29, 0.717) is 12.5 Å². The SMILES string of the molecule is Cc1ccc(CN2CCC[C@]3(CCN(Cc4ccncc4)C3=O)C2)o1. The summed E-state index contributed by atoms with van der Waals surface area (Å²) >= 11 is 0. The normalized spacial score (nSPS) is 24.4. The Morgan fingerprint density at radius 3 is 2.72 bits per heavy atom. The number of hydrogen-bond donors (Lipinski definition) is 0. The van der Waals surface area contributed by atoms with E-state index in [9.17, 15) is 4.79 Å². The maximum absolute atomic E-state index is 13.1. The molecule has 1 atom stereocenters. The monoisotopic (exact) mass is 339 g/mol. The van der Waals surface area contributed by atoms with E-state index >= 15 is 0 Å². The Kier molecular flexibility index (Phi) is 4.34. The molecule has 0 aliphatic carbocycles. The van der Waals surface area contributed by atoms with Crippen LogP contribution in [0.25, 0.3) is 0 Å². The van der Waals surface area contributed by atoms with Crippen molar-refractivity contribution in [2.75, 3.05) is 19.6 Å². The van der Waals surface area contributed by atoms with Crippen LogP contribution in [0.5, 0.6) is 0 Å². The third-order valence-corrected chi connectivity index (χ3v) is 5.56. The third kappa shape index (κ3) is 3.33. The van der Waals surface area contributed by atoms with Crippen LogP contribution in [0.3, 0.4) is 0 Å². The van der Waals surface area contributed by atoms with Crippen LogP contribution in [-0.2, 0) is 17.9 Å². The molecule has 2 aromatic heterocycles. The molecule has 5 heteroatoms. The van der Waals surface area contributed by atoms with Gasteiger partial charge in [-0.25, -0.2) is 0 Å². The lowest BCUT2D eigenvalue weighted by atomic mass is 9.78. The lowest BCUT2D eigenvalue weighted by molar-refractivity contribution is -0.139. The molecule has 0 N–H and O–H groups in total. The van der Waals surface area contributed by atoms with Gasteiger partial charge in [-0.2, -0.15) is 0 Å². The Hall–Kier alpha value is -2.14. The van der Waals surface area contributed by atoms with E-state index in [1.165, 1.54) is 0 Å². The first-order valence-corrected chi connectivity index (χ1v) is 9.11. The van der Waals surface area contributed by atoms with Gasteiger partial charge in [0, 0.05) is 32.0 Å². The van der Waals surface area contributed by atoms with Gasteiger partial charge < -0.3 is 9.32 Å². The molecule has 5 nitrogen and oxygen atoms in total. The van der Waals surface area contributed by atoms with Gasteiger partial charge in [0.2, 0.25) is 5.91 Å². The smallest absolute Gasteiger partial charge is 0.230 e. The summed E-state index contributed by atoms with van der Waals surface area (Å²) < 4.78 is 5.72. The highest BCUT2D eigenvalue weighted by Gasteiger charge is 2.48. The zero-order chi connectivity index (χ0) is 17.3. The van der Waals surface area contributed by atoms with Crippen molar-refractivity contribution in [3.05, 3.63) is 53.7 Å². The summed E-state index contributed by atoms with van der Waals surface area (Å²) in [5.74, 6) is 2.26. The predicted molar refractivity (Wildman–Crippen MR) is 94.7 cm³/mol. The summed E-state index contributed by atoms with van der Waals surface area (Å²) in [5.41, 5.74) is 0.950. The van der Waals surface area contributed by atoms with Crippen LogP contribution in [0.2, 0.25) is 0 Å². The van der Waals surface area contributed by atoms with Crippen molar-refractivity contribution in [1.29, 1.82) is 0 Å². The first-order chi connectivity index (χ1) is 12.1. The molecule has 25 heavy (non-hydrogen) atoms.